The summed E-state index contributed by atoms with van der Waals surface area (Å²) in [5.41, 5.74) is 0. The van der Waals surface area contributed by atoms with Gasteiger partial charge in [-0.3, -0.25) is 0 Å². The van der Waals surface area contributed by atoms with Crippen molar-refractivity contribution in [2.24, 2.45) is 0 Å². The molecule has 0 fully saturated rings. The molecule has 0 amide bonds. The molecule has 4 nitrogen and oxygen atoms in total. The molecule has 0 rings (SSSR count). The first kappa shape index (κ1) is 10.6. The molecular formula is C5H5F3O4. The quantitative estimate of drug-likeness (QED) is 0.538. The molecule has 12 heavy (non-hydrogen) atoms. The second-order valence-electron chi connectivity index (χ2n) is 1.58. The van der Waals surface area contributed by atoms with Gasteiger partial charge in [0, 0.05) is 0 Å². The molecule has 0 bridgehead atoms. The monoisotopic (exact) mass is 186 g/mol. The zero-order valence-electron chi connectivity index (χ0n) is 5.67. The first-order chi connectivity index (χ1) is 5.42. The Balaban J connectivity index is 3.43. The molecule has 70 valence electrons. The van der Waals surface area contributed by atoms with Crippen molar-refractivity contribution in [3.63, 3.8) is 0 Å². The highest BCUT2D eigenvalue weighted by molar-refractivity contribution is 5.57. The lowest BCUT2D eigenvalue weighted by atomic mass is 10.7. The molecule has 0 aromatic rings. The molecule has 0 heterocycles. The fraction of sp³-hybridized carbons (Fsp3) is 0.400. The predicted molar refractivity (Wildman–Crippen MR) is 30.3 cm³/mol. The molecule has 0 saturated carbocycles. The van der Waals surface area contributed by atoms with Crippen molar-refractivity contribution in [2.75, 3.05) is 6.61 Å². The minimum Gasteiger partial charge on any atom is -0.489 e. The van der Waals surface area contributed by atoms with Crippen molar-refractivity contribution in [3.8, 4) is 0 Å². The molecule has 0 unspecified atom stereocenters. The zero-order chi connectivity index (χ0) is 9.61. The zero-order valence-corrected chi connectivity index (χ0v) is 5.67. The summed E-state index contributed by atoms with van der Waals surface area (Å²) >= 11 is 0. The van der Waals surface area contributed by atoms with Gasteiger partial charge in [-0.05, 0) is 0 Å². The van der Waals surface area contributed by atoms with Gasteiger partial charge in [0.25, 0.3) is 0 Å². The SMILES string of the molecule is O=C(O)OC=COCC(F)(F)F. The van der Waals surface area contributed by atoms with Crippen LogP contribution in [0.3, 0.4) is 0 Å². The Morgan fingerprint density at radius 1 is 1.42 bits per heavy atom. The first-order valence-electron chi connectivity index (χ1n) is 2.65. The Labute approximate surface area is 65.2 Å². The molecule has 0 aromatic carbocycles. The van der Waals surface area contributed by atoms with Gasteiger partial charge >= 0.3 is 12.3 Å². The van der Waals surface area contributed by atoms with Crippen LogP contribution in [0.2, 0.25) is 0 Å². The van der Waals surface area contributed by atoms with Crippen molar-refractivity contribution >= 4 is 6.16 Å². The number of rotatable bonds is 3. The van der Waals surface area contributed by atoms with E-state index in [1.54, 1.807) is 0 Å². The van der Waals surface area contributed by atoms with E-state index in [1.165, 1.54) is 0 Å². The van der Waals surface area contributed by atoms with Gasteiger partial charge in [0.1, 0.15) is 12.5 Å². The lowest BCUT2D eigenvalue weighted by Crippen LogP contribution is -2.14. The van der Waals surface area contributed by atoms with Crippen molar-refractivity contribution < 1.29 is 32.5 Å². The van der Waals surface area contributed by atoms with Crippen LogP contribution in [0.4, 0.5) is 18.0 Å². The van der Waals surface area contributed by atoms with Crippen molar-refractivity contribution in [3.05, 3.63) is 12.5 Å². The summed E-state index contributed by atoms with van der Waals surface area (Å²) < 4.78 is 41.5. The van der Waals surface area contributed by atoms with Gasteiger partial charge in [0.05, 0.1) is 0 Å². The summed E-state index contributed by atoms with van der Waals surface area (Å²) in [6.07, 6.45) is -5.06. The fourth-order valence-electron chi connectivity index (χ4n) is 0.268. The molecule has 0 aliphatic carbocycles. The minimum atomic E-state index is -4.44. The third kappa shape index (κ3) is 8.60. The third-order valence-electron chi connectivity index (χ3n) is 0.568. The number of carboxylic acid groups (broad SMARTS) is 1. The normalized spacial score (nSPS) is 11.6. The van der Waals surface area contributed by atoms with Crippen LogP contribution in [-0.2, 0) is 9.47 Å². The second-order valence-corrected chi connectivity index (χ2v) is 1.58. The molecule has 0 spiro atoms. The van der Waals surface area contributed by atoms with E-state index in [1.807, 2.05) is 0 Å². The van der Waals surface area contributed by atoms with Gasteiger partial charge in [-0.1, -0.05) is 0 Å². The van der Waals surface area contributed by atoms with Crippen LogP contribution in [0.1, 0.15) is 0 Å². The van der Waals surface area contributed by atoms with E-state index in [9.17, 15) is 18.0 Å². The maximum Gasteiger partial charge on any atom is 0.510 e. The maximum absolute atomic E-state index is 11.3. The van der Waals surface area contributed by atoms with Gasteiger partial charge in [-0.2, -0.15) is 13.2 Å². The lowest BCUT2D eigenvalue weighted by molar-refractivity contribution is -0.161. The topological polar surface area (TPSA) is 55.8 Å². The number of hydrogen-bond donors (Lipinski definition) is 1. The highest BCUT2D eigenvalue weighted by Crippen LogP contribution is 2.14. The van der Waals surface area contributed by atoms with Crippen molar-refractivity contribution in [1.29, 1.82) is 0 Å². The van der Waals surface area contributed by atoms with Crippen LogP contribution in [0.5, 0.6) is 0 Å². The van der Waals surface area contributed by atoms with Gasteiger partial charge in [0.15, 0.2) is 6.61 Å². The number of alkyl halides is 3. The van der Waals surface area contributed by atoms with E-state index < -0.39 is 18.9 Å². The molecule has 7 heteroatoms. The summed E-state index contributed by atoms with van der Waals surface area (Å²) in [5.74, 6) is 0. The summed E-state index contributed by atoms with van der Waals surface area (Å²) in [5, 5.41) is 7.82. The van der Waals surface area contributed by atoms with Crippen molar-refractivity contribution in [2.45, 2.75) is 6.18 Å². The van der Waals surface area contributed by atoms with Gasteiger partial charge in [0.2, 0.25) is 0 Å². The predicted octanol–water partition coefficient (Wildman–Crippen LogP) is 1.73. The Morgan fingerprint density at radius 3 is 2.42 bits per heavy atom. The standard InChI is InChI=1S/C5H5F3O4/c6-5(7,8)3-11-1-2-12-4(9)10/h1-2H,3H2,(H,9,10). The Morgan fingerprint density at radius 2 is 2.00 bits per heavy atom. The lowest BCUT2D eigenvalue weighted by Gasteiger charge is -2.03. The molecule has 0 aliphatic rings. The Hall–Kier alpha value is -1.40. The van der Waals surface area contributed by atoms with Gasteiger partial charge in [-0.25, -0.2) is 4.79 Å². The van der Waals surface area contributed by atoms with Crippen LogP contribution in [0, 0.1) is 0 Å². The highest BCUT2D eigenvalue weighted by Gasteiger charge is 2.27. The molecule has 1 N–H and O–H groups in total. The largest absolute Gasteiger partial charge is 0.510 e. The third-order valence-corrected chi connectivity index (χ3v) is 0.568. The average Bonchev–Trinajstić information content (AvgIpc) is 1.83. The van der Waals surface area contributed by atoms with E-state index in [4.69, 9.17) is 5.11 Å². The van der Waals surface area contributed by atoms with E-state index in [0.29, 0.717) is 12.5 Å². The van der Waals surface area contributed by atoms with E-state index in [0.717, 1.165) is 0 Å². The molecule has 0 aromatic heterocycles. The van der Waals surface area contributed by atoms with E-state index >= 15 is 0 Å². The number of halogens is 3. The van der Waals surface area contributed by atoms with Gasteiger partial charge < -0.3 is 14.6 Å². The first-order valence-corrected chi connectivity index (χ1v) is 2.65. The Kier molecular flexibility index (Phi) is 3.95. The molecule has 0 saturated heterocycles. The molecule has 0 atom stereocenters. The minimum absolute atomic E-state index is 0.494. The number of carbonyl (C=O) groups is 1. The number of hydrogen-bond acceptors (Lipinski definition) is 3. The summed E-state index contributed by atoms with van der Waals surface area (Å²) in [6, 6.07) is 0. The average molecular weight is 186 g/mol. The van der Waals surface area contributed by atoms with E-state index in [2.05, 4.69) is 9.47 Å². The summed E-state index contributed by atoms with van der Waals surface area (Å²) in [4.78, 5) is 9.61. The molecular weight excluding hydrogens is 181 g/mol. The van der Waals surface area contributed by atoms with Crippen LogP contribution >= 0.6 is 0 Å². The van der Waals surface area contributed by atoms with Crippen LogP contribution in [-0.4, -0.2) is 24.0 Å². The Bertz CT molecular complexity index is 174. The van der Waals surface area contributed by atoms with Crippen molar-refractivity contribution in [1.82, 2.24) is 0 Å². The fourth-order valence-corrected chi connectivity index (χ4v) is 0.268. The van der Waals surface area contributed by atoms with Crippen LogP contribution in [0.15, 0.2) is 12.5 Å². The van der Waals surface area contributed by atoms with Crippen LogP contribution in [0.25, 0.3) is 0 Å². The number of ether oxygens (including phenoxy) is 2. The van der Waals surface area contributed by atoms with E-state index in [-0.39, 0.29) is 0 Å². The highest BCUT2D eigenvalue weighted by atomic mass is 19.4. The summed E-state index contributed by atoms with van der Waals surface area (Å²) in [7, 11) is 0. The molecule has 0 radical (unpaired) electrons. The van der Waals surface area contributed by atoms with Gasteiger partial charge in [-0.15, -0.1) is 0 Å². The molecule has 0 aliphatic heterocycles. The maximum atomic E-state index is 11.3. The second kappa shape index (κ2) is 4.47. The smallest absolute Gasteiger partial charge is 0.489 e. The van der Waals surface area contributed by atoms with Crippen LogP contribution < -0.4 is 0 Å². The summed E-state index contributed by atoms with van der Waals surface area (Å²) in [6.45, 7) is -1.48.